The van der Waals surface area contributed by atoms with Crippen molar-refractivity contribution in [2.45, 2.75) is 63.6 Å². The molecule has 2 N–H and O–H groups in total. The third-order valence-electron chi connectivity index (χ3n) is 7.27. The van der Waals surface area contributed by atoms with Gasteiger partial charge in [-0.3, -0.25) is 9.59 Å². The number of carbonyl (C=O) groups excluding carboxylic acids is 3. The van der Waals surface area contributed by atoms with E-state index in [9.17, 15) is 14.4 Å². The Labute approximate surface area is 180 Å². The van der Waals surface area contributed by atoms with Crippen molar-refractivity contribution in [2.24, 2.45) is 0 Å². The summed E-state index contributed by atoms with van der Waals surface area (Å²) in [6, 6.07) is 4.64. The zero-order chi connectivity index (χ0) is 21.9. The zero-order valence-electron chi connectivity index (χ0n) is 18.2. The van der Waals surface area contributed by atoms with Gasteiger partial charge in [-0.15, -0.1) is 0 Å². The average Bonchev–Trinajstić information content (AvgIpc) is 3.45. The van der Waals surface area contributed by atoms with Gasteiger partial charge in [0.1, 0.15) is 11.8 Å². The SMILES string of the molecule is COc1ccc2[nH]c3c(c2c1)CCN1C(=O)N(C(C)C(=O)NC2CCCC2)C(=O)C31C. The van der Waals surface area contributed by atoms with Crippen LogP contribution >= 0.6 is 0 Å². The van der Waals surface area contributed by atoms with E-state index >= 15 is 0 Å². The number of ether oxygens (including phenoxy) is 1. The predicted octanol–water partition coefficient (Wildman–Crippen LogP) is 2.66. The lowest BCUT2D eigenvalue weighted by molar-refractivity contribution is -0.139. The molecule has 1 saturated heterocycles. The molecule has 8 nitrogen and oxygen atoms in total. The van der Waals surface area contributed by atoms with E-state index in [-0.39, 0.29) is 17.9 Å². The molecular weight excluding hydrogens is 396 g/mol. The molecule has 1 aromatic carbocycles. The second-order valence-corrected chi connectivity index (χ2v) is 8.99. The Balaban J connectivity index is 1.50. The van der Waals surface area contributed by atoms with Gasteiger partial charge in [0, 0.05) is 23.5 Å². The summed E-state index contributed by atoms with van der Waals surface area (Å²) in [5.74, 6) is 0.124. The quantitative estimate of drug-likeness (QED) is 0.738. The average molecular weight is 425 g/mol. The van der Waals surface area contributed by atoms with Crippen LogP contribution in [0.3, 0.4) is 0 Å². The number of urea groups is 1. The molecule has 2 unspecified atom stereocenters. The van der Waals surface area contributed by atoms with Crippen LogP contribution in [0.15, 0.2) is 18.2 Å². The molecule has 2 aromatic rings. The summed E-state index contributed by atoms with van der Waals surface area (Å²) in [7, 11) is 1.62. The first-order chi connectivity index (χ1) is 14.9. The third-order valence-corrected chi connectivity index (χ3v) is 7.27. The van der Waals surface area contributed by atoms with Crippen molar-refractivity contribution in [3.05, 3.63) is 29.5 Å². The smallest absolute Gasteiger partial charge is 0.328 e. The van der Waals surface area contributed by atoms with E-state index in [2.05, 4.69) is 10.3 Å². The van der Waals surface area contributed by atoms with Crippen LogP contribution in [0.1, 0.15) is 50.8 Å². The van der Waals surface area contributed by atoms with Crippen LogP contribution in [0.4, 0.5) is 4.79 Å². The number of hydrogen-bond acceptors (Lipinski definition) is 4. The molecule has 5 rings (SSSR count). The van der Waals surface area contributed by atoms with Gasteiger partial charge in [-0.1, -0.05) is 12.8 Å². The first-order valence-corrected chi connectivity index (χ1v) is 11.0. The van der Waals surface area contributed by atoms with E-state index in [0.29, 0.717) is 13.0 Å². The van der Waals surface area contributed by atoms with E-state index in [1.807, 2.05) is 18.2 Å². The Bertz CT molecular complexity index is 1090. The topological polar surface area (TPSA) is 94.7 Å². The number of hydrogen-bond donors (Lipinski definition) is 2. The van der Waals surface area contributed by atoms with Gasteiger partial charge >= 0.3 is 6.03 Å². The molecule has 0 radical (unpaired) electrons. The highest BCUT2D eigenvalue weighted by Gasteiger charge is 2.60. The number of aromatic amines is 1. The number of nitrogens with one attached hydrogen (secondary N) is 2. The molecule has 164 valence electrons. The second-order valence-electron chi connectivity index (χ2n) is 8.99. The standard InChI is InChI=1S/C23H28N4O4/c1-13(20(28)24-14-6-4-5-7-14)27-21(29)23(2)19-16(10-11-26(23)22(27)30)17-12-15(31-3)8-9-18(17)25-19/h8-9,12-14,25H,4-7,10-11H2,1-3H3,(H,24,28). The summed E-state index contributed by atoms with van der Waals surface area (Å²) in [6.45, 7) is 3.84. The number of rotatable bonds is 4. The Morgan fingerprint density at radius 1 is 1.29 bits per heavy atom. The minimum absolute atomic E-state index is 0.135. The lowest BCUT2D eigenvalue weighted by atomic mass is 9.87. The van der Waals surface area contributed by atoms with Gasteiger partial charge in [0.2, 0.25) is 5.91 Å². The van der Waals surface area contributed by atoms with Gasteiger partial charge in [0.25, 0.3) is 5.91 Å². The van der Waals surface area contributed by atoms with Crippen LogP contribution in [-0.4, -0.2) is 58.4 Å². The molecule has 3 heterocycles. The number of carbonyl (C=O) groups is 3. The summed E-state index contributed by atoms with van der Waals surface area (Å²) in [5, 5.41) is 4.02. The van der Waals surface area contributed by atoms with E-state index in [4.69, 9.17) is 4.74 Å². The number of methoxy groups -OCH3 is 1. The molecule has 1 saturated carbocycles. The molecule has 31 heavy (non-hydrogen) atoms. The molecule has 0 bridgehead atoms. The lowest BCUT2D eigenvalue weighted by Crippen LogP contribution is -2.51. The van der Waals surface area contributed by atoms with Gasteiger partial charge in [-0.2, -0.15) is 0 Å². The van der Waals surface area contributed by atoms with Crippen LogP contribution in [-0.2, 0) is 21.5 Å². The number of aromatic nitrogens is 1. The lowest BCUT2D eigenvalue weighted by Gasteiger charge is -2.36. The summed E-state index contributed by atoms with van der Waals surface area (Å²) < 4.78 is 5.36. The molecule has 8 heteroatoms. The molecule has 2 fully saturated rings. The van der Waals surface area contributed by atoms with E-state index in [1.165, 1.54) is 0 Å². The molecule has 2 atom stereocenters. The van der Waals surface area contributed by atoms with Crippen molar-refractivity contribution < 1.29 is 19.1 Å². The highest BCUT2D eigenvalue weighted by molar-refractivity contribution is 6.11. The van der Waals surface area contributed by atoms with Crippen LogP contribution in [0.25, 0.3) is 10.9 Å². The predicted molar refractivity (Wildman–Crippen MR) is 115 cm³/mol. The maximum absolute atomic E-state index is 13.7. The van der Waals surface area contributed by atoms with Crippen molar-refractivity contribution >= 4 is 28.7 Å². The number of amides is 4. The second kappa shape index (κ2) is 7.00. The Hall–Kier alpha value is -3.03. The monoisotopic (exact) mass is 424 g/mol. The first-order valence-electron chi connectivity index (χ1n) is 11.0. The number of H-pyrrole nitrogens is 1. The zero-order valence-corrected chi connectivity index (χ0v) is 18.2. The molecule has 1 aromatic heterocycles. The number of nitrogens with zero attached hydrogens (tertiary/aromatic N) is 2. The largest absolute Gasteiger partial charge is 0.497 e. The highest BCUT2D eigenvalue weighted by Crippen LogP contribution is 2.45. The molecular formula is C23H28N4O4. The van der Waals surface area contributed by atoms with Gasteiger partial charge in [-0.05, 0) is 56.9 Å². The van der Waals surface area contributed by atoms with Crippen molar-refractivity contribution in [1.82, 2.24) is 20.1 Å². The fraction of sp³-hybridized carbons (Fsp3) is 0.522. The van der Waals surface area contributed by atoms with E-state index in [0.717, 1.165) is 58.5 Å². The summed E-state index contributed by atoms with van der Waals surface area (Å²) in [5.41, 5.74) is 1.50. The Kier molecular flexibility index (Phi) is 4.50. The minimum atomic E-state index is -1.15. The number of imide groups is 1. The van der Waals surface area contributed by atoms with Crippen molar-refractivity contribution in [3.63, 3.8) is 0 Å². The maximum Gasteiger partial charge on any atom is 0.328 e. The number of fused-ring (bicyclic) bond motifs is 5. The summed E-state index contributed by atoms with van der Waals surface area (Å²) in [6.07, 6.45) is 4.73. The molecule has 0 spiro atoms. The van der Waals surface area contributed by atoms with Crippen LogP contribution in [0.2, 0.25) is 0 Å². The van der Waals surface area contributed by atoms with Crippen molar-refractivity contribution in [2.75, 3.05) is 13.7 Å². The summed E-state index contributed by atoms with van der Waals surface area (Å²) >= 11 is 0. The summed E-state index contributed by atoms with van der Waals surface area (Å²) in [4.78, 5) is 45.9. The highest BCUT2D eigenvalue weighted by atomic mass is 16.5. The third kappa shape index (κ3) is 2.77. The van der Waals surface area contributed by atoms with Gasteiger partial charge in [0.05, 0.1) is 12.8 Å². The maximum atomic E-state index is 13.7. The van der Waals surface area contributed by atoms with Gasteiger partial charge in [-0.25, -0.2) is 9.69 Å². The molecule has 1 aliphatic carbocycles. The van der Waals surface area contributed by atoms with Gasteiger partial charge < -0.3 is 19.9 Å². The first kappa shape index (κ1) is 19.9. The van der Waals surface area contributed by atoms with Crippen LogP contribution < -0.4 is 10.1 Å². The van der Waals surface area contributed by atoms with Gasteiger partial charge in [0.15, 0.2) is 5.54 Å². The van der Waals surface area contributed by atoms with E-state index < -0.39 is 17.6 Å². The van der Waals surface area contributed by atoms with E-state index in [1.54, 1.807) is 25.9 Å². The van der Waals surface area contributed by atoms with Crippen LogP contribution in [0.5, 0.6) is 5.75 Å². The fourth-order valence-electron chi connectivity index (χ4n) is 5.42. The van der Waals surface area contributed by atoms with Crippen molar-refractivity contribution in [3.8, 4) is 5.75 Å². The minimum Gasteiger partial charge on any atom is -0.497 e. The Morgan fingerprint density at radius 3 is 2.74 bits per heavy atom. The van der Waals surface area contributed by atoms with Crippen molar-refractivity contribution in [1.29, 1.82) is 0 Å². The molecule has 2 aliphatic heterocycles. The molecule has 3 aliphatic rings. The number of benzene rings is 1. The Morgan fingerprint density at radius 2 is 2.03 bits per heavy atom. The fourth-order valence-corrected chi connectivity index (χ4v) is 5.42. The van der Waals surface area contributed by atoms with Crippen LogP contribution in [0, 0.1) is 0 Å². The molecule has 4 amide bonds. The normalized spacial score (nSPS) is 24.5.